The molecule has 0 bridgehead atoms. The first-order valence-electron chi connectivity index (χ1n) is 7.61. The number of ether oxygens (including phenoxy) is 3. The smallest absolute Gasteiger partial charge is 0.394 e. The SMILES string of the molecule is O=S(=O)(O)O[C@H]1[C@@H](O)[C@@H](CO)O[C@@H](O[C@H]2[C@H]([C@H](O)CO)OC[C@@H]2O)[C@@H]1O. The van der Waals surface area contributed by atoms with Gasteiger partial charge in [0.2, 0.25) is 0 Å². The third-order valence-corrected chi connectivity index (χ3v) is 4.54. The van der Waals surface area contributed by atoms with E-state index in [1.165, 1.54) is 0 Å². The van der Waals surface area contributed by atoms with Crippen molar-refractivity contribution in [3.63, 3.8) is 0 Å². The average Bonchev–Trinajstić information content (AvgIpc) is 2.93. The number of rotatable bonds is 7. The van der Waals surface area contributed by atoms with Gasteiger partial charge in [-0.2, -0.15) is 8.42 Å². The van der Waals surface area contributed by atoms with Crippen molar-refractivity contribution in [2.45, 2.75) is 55.1 Å². The predicted molar refractivity (Wildman–Crippen MR) is 77.9 cm³/mol. The van der Waals surface area contributed by atoms with Crippen LogP contribution in [0.5, 0.6) is 0 Å². The van der Waals surface area contributed by atoms with Crippen LogP contribution in [0.2, 0.25) is 0 Å². The Balaban J connectivity index is 2.18. The number of hydrogen-bond donors (Lipinski definition) is 7. The Morgan fingerprint density at radius 3 is 2.31 bits per heavy atom. The first-order chi connectivity index (χ1) is 12.1. The molecule has 2 heterocycles. The second-order valence-electron chi connectivity index (χ2n) is 5.91. The molecule has 2 fully saturated rings. The molecule has 14 heteroatoms. The summed E-state index contributed by atoms with van der Waals surface area (Å²) >= 11 is 0. The maximum absolute atomic E-state index is 10.9. The fraction of sp³-hybridized carbons (Fsp3) is 1.00. The summed E-state index contributed by atoms with van der Waals surface area (Å²) in [5.74, 6) is 0. The molecule has 0 saturated carbocycles. The Morgan fingerprint density at radius 2 is 1.77 bits per heavy atom. The van der Waals surface area contributed by atoms with E-state index in [2.05, 4.69) is 4.18 Å². The van der Waals surface area contributed by atoms with Crippen molar-refractivity contribution < 1.29 is 62.0 Å². The van der Waals surface area contributed by atoms with Crippen LogP contribution in [0.25, 0.3) is 0 Å². The van der Waals surface area contributed by atoms with Gasteiger partial charge in [0.15, 0.2) is 6.29 Å². The van der Waals surface area contributed by atoms with E-state index in [1.54, 1.807) is 0 Å². The lowest BCUT2D eigenvalue weighted by Crippen LogP contribution is -2.62. The Bertz CT molecular complexity index is 555. The van der Waals surface area contributed by atoms with E-state index in [0.29, 0.717) is 0 Å². The Hall–Kier alpha value is -0.490. The molecule has 9 atom stereocenters. The molecule has 154 valence electrons. The van der Waals surface area contributed by atoms with Crippen LogP contribution in [-0.2, 0) is 28.8 Å². The molecule has 0 amide bonds. The van der Waals surface area contributed by atoms with Crippen LogP contribution in [0.1, 0.15) is 0 Å². The van der Waals surface area contributed by atoms with Crippen LogP contribution < -0.4 is 0 Å². The average molecular weight is 406 g/mol. The molecule has 0 spiro atoms. The minimum atomic E-state index is -5.07. The van der Waals surface area contributed by atoms with Crippen LogP contribution in [0.3, 0.4) is 0 Å². The zero-order chi connectivity index (χ0) is 19.6. The van der Waals surface area contributed by atoms with Gasteiger partial charge in [-0.3, -0.25) is 4.55 Å². The van der Waals surface area contributed by atoms with Crippen molar-refractivity contribution in [2.24, 2.45) is 0 Å². The van der Waals surface area contributed by atoms with Gasteiger partial charge in [0.25, 0.3) is 0 Å². The number of aliphatic hydroxyl groups is 6. The second kappa shape index (κ2) is 8.68. The maximum atomic E-state index is 10.9. The van der Waals surface area contributed by atoms with E-state index < -0.39 is 78.7 Å². The molecule has 26 heavy (non-hydrogen) atoms. The molecule has 0 unspecified atom stereocenters. The van der Waals surface area contributed by atoms with E-state index in [9.17, 15) is 34.0 Å². The first-order valence-corrected chi connectivity index (χ1v) is 8.97. The van der Waals surface area contributed by atoms with E-state index in [1.807, 2.05) is 0 Å². The molecule has 0 aromatic carbocycles. The summed E-state index contributed by atoms with van der Waals surface area (Å²) < 4.78 is 50.4. The molecule has 0 radical (unpaired) electrons. The van der Waals surface area contributed by atoms with Gasteiger partial charge in [0, 0.05) is 0 Å². The molecule has 2 aliphatic rings. The molecule has 2 saturated heterocycles. The van der Waals surface area contributed by atoms with Crippen LogP contribution in [0.15, 0.2) is 0 Å². The summed E-state index contributed by atoms with van der Waals surface area (Å²) in [4.78, 5) is 0. The summed E-state index contributed by atoms with van der Waals surface area (Å²) in [6.45, 7) is -1.78. The summed E-state index contributed by atoms with van der Waals surface area (Å²) in [7, 11) is -5.07. The molecule has 0 aromatic rings. The van der Waals surface area contributed by atoms with Crippen molar-refractivity contribution in [3.05, 3.63) is 0 Å². The van der Waals surface area contributed by atoms with Gasteiger partial charge >= 0.3 is 10.4 Å². The molecule has 0 aliphatic carbocycles. The van der Waals surface area contributed by atoms with Gasteiger partial charge in [-0.15, -0.1) is 0 Å². The van der Waals surface area contributed by atoms with Crippen molar-refractivity contribution in [3.8, 4) is 0 Å². The van der Waals surface area contributed by atoms with Crippen molar-refractivity contribution in [1.82, 2.24) is 0 Å². The van der Waals surface area contributed by atoms with E-state index >= 15 is 0 Å². The highest BCUT2D eigenvalue weighted by molar-refractivity contribution is 7.80. The van der Waals surface area contributed by atoms with Crippen LogP contribution in [-0.4, -0.2) is 119 Å². The quantitative estimate of drug-likeness (QED) is 0.198. The lowest BCUT2D eigenvalue weighted by Gasteiger charge is -2.42. The highest BCUT2D eigenvalue weighted by Gasteiger charge is 2.51. The lowest BCUT2D eigenvalue weighted by atomic mass is 9.99. The molecule has 2 rings (SSSR count). The summed E-state index contributed by atoms with van der Waals surface area (Å²) in [6, 6.07) is 0. The second-order valence-corrected chi connectivity index (χ2v) is 6.96. The third kappa shape index (κ3) is 4.86. The van der Waals surface area contributed by atoms with Gasteiger partial charge in [0.05, 0.1) is 19.8 Å². The summed E-state index contributed by atoms with van der Waals surface area (Å²) in [5.41, 5.74) is 0. The third-order valence-electron chi connectivity index (χ3n) is 4.07. The number of hydrogen-bond acceptors (Lipinski definition) is 12. The van der Waals surface area contributed by atoms with Gasteiger partial charge in [-0.1, -0.05) is 0 Å². The van der Waals surface area contributed by atoms with Crippen LogP contribution in [0, 0.1) is 0 Å². The Labute approximate surface area is 148 Å². The fourth-order valence-electron chi connectivity index (χ4n) is 2.79. The van der Waals surface area contributed by atoms with Crippen LogP contribution in [0.4, 0.5) is 0 Å². The monoisotopic (exact) mass is 406 g/mol. The van der Waals surface area contributed by atoms with Crippen LogP contribution >= 0.6 is 0 Å². The molecule has 0 aromatic heterocycles. The zero-order valence-electron chi connectivity index (χ0n) is 13.3. The minimum Gasteiger partial charge on any atom is -0.394 e. The largest absolute Gasteiger partial charge is 0.397 e. The van der Waals surface area contributed by atoms with Gasteiger partial charge in [-0.25, -0.2) is 4.18 Å². The normalized spacial score (nSPS) is 42.7. The van der Waals surface area contributed by atoms with Crippen molar-refractivity contribution in [2.75, 3.05) is 19.8 Å². The highest BCUT2D eigenvalue weighted by atomic mass is 32.3. The summed E-state index contributed by atoms with van der Waals surface area (Å²) in [6.07, 6.45) is -14.1. The minimum absolute atomic E-state index is 0.258. The Morgan fingerprint density at radius 1 is 1.12 bits per heavy atom. The van der Waals surface area contributed by atoms with Gasteiger partial charge in [0.1, 0.15) is 48.8 Å². The zero-order valence-corrected chi connectivity index (χ0v) is 14.1. The fourth-order valence-corrected chi connectivity index (χ4v) is 3.30. The number of aliphatic hydroxyl groups excluding tert-OH is 6. The van der Waals surface area contributed by atoms with Gasteiger partial charge < -0.3 is 44.8 Å². The van der Waals surface area contributed by atoms with E-state index in [0.717, 1.165) is 0 Å². The molecule has 13 nitrogen and oxygen atoms in total. The summed E-state index contributed by atoms with van der Waals surface area (Å²) in [5, 5.41) is 58.0. The van der Waals surface area contributed by atoms with E-state index in [-0.39, 0.29) is 6.61 Å². The maximum Gasteiger partial charge on any atom is 0.397 e. The van der Waals surface area contributed by atoms with E-state index in [4.69, 9.17) is 23.9 Å². The lowest BCUT2D eigenvalue weighted by molar-refractivity contribution is -0.316. The standard InChI is InChI=1S/C12H22O13S/c13-1-4(15)9-10(5(16)3-22-9)24-12-8(18)11(25-26(19,20)21)7(17)6(2-14)23-12/h4-18H,1-3H2,(H,19,20,21)/t4-,5+,6-,7+,8-,9+,10-,11+,12+/m1/s1. The first kappa shape index (κ1) is 21.8. The molecule has 2 aliphatic heterocycles. The molecular formula is C12H22O13S. The molecular weight excluding hydrogens is 384 g/mol. The Kier molecular flexibility index (Phi) is 7.28. The van der Waals surface area contributed by atoms with Gasteiger partial charge in [-0.05, 0) is 0 Å². The predicted octanol–water partition coefficient (Wildman–Crippen LogP) is -4.89. The topological polar surface area (TPSA) is 213 Å². The van der Waals surface area contributed by atoms with Crippen molar-refractivity contribution in [1.29, 1.82) is 0 Å². The van der Waals surface area contributed by atoms with Crippen molar-refractivity contribution >= 4 is 10.4 Å². The highest BCUT2D eigenvalue weighted by Crippen LogP contribution is 2.29. The molecule has 7 N–H and O–H groups in total.